The van der Waals surface area contributed by atoms with Crippen molar-refractivity contribution in [2.75, 3.05) is 17.7 Å². The second-order valence-electron chi connectivity index (χ2n) is 9.35. The molecule has 0 aliphatic carbocycles. The summed E-state index contributed by atoms with van der Waals surface area (Å²) in [6.45, 7) is 5.87. The van der Waals surface area contributed by atoms with Crippen LogP contribution in [0.4, 0.5) is 16.2 Å². The molecule has 2 amide bonds. The fourth-order valence-electron chi connectivity index (χ4n) is 3.89. The Balaban J connectivity index is 1.56. The van der Waals surface area contributed by atoms with Crippen molar-refractivity contribution in [3.8, 4) is 0 Å². The molecule has 0 radical (unpaired) electrons. The van der Waals surface area contributed by atoms with Crippen molar-refractivity contribution in [1.82, 2.24) is 4.98 Å². The molecule has 7 heteroatoms. The van der Waals surface area contributed by atoms with E-state index in [4.69, 9.17) is 9.15 Å². The van der Waals surface area contributed by atoms with Crippen LogP contribution in [0.2, 0.25) is 0 Å². The number of rotatable bonds is 6. The number of fused-ring (bicyclic) bond motifs is 1. The predicted molar refractivity (Wildman–Crippen MR) is 137 cm³/mol. The van der Waals surface area contributed by atoms with Crippen LogP contribution in [0.1, 0.15) is 48.2 Å². The van der Waals surface area contributed by atoms with Crippen LogP contribution in [0.3, 0.4) is 0 Å². The van der Waals surface area contributed by atoms with Crippen LogP contribution >= 0.6 is 0 Å². The number of benzene rings is 2. The number of aryl methyl sites for hydroxylation is 2. The molecule has 4 aromatic rings. The van der Waals surface area contributed by atoms with Gasteiger partial charge in [0.25, 0.3) is 0 Å². The van der Waals surface area contributed by atoms with Gasteiger partial charge in [-0.2, -0.15) is 0 Å². The van der Waals surface area contributed by atoms with Crippen molar-refractivity contribution >= 4 is 34.1 Å². The van der Waals surface area contributed by atoms with E-state index in [0.717, 1.165) is 23.6 Å². The average molecular weight is 472 g/mol. The Morgan fingerprint density at radius 3 is 2.29 bits per heavy atom. The third-order valence-electron chi connectivity index (χ3n) is 5.79. The van der Waals surface area contributed by atoms with E-state index in [1.54, 1.807) is 18.5 Å². The number of pyridine rings is 1. The van der Waals surface area contributed by atoms with Gasteiger partial charge in [-0.1, -0.05) is 51.1 Å². The zero-order chi connectivity index (χ0) is 25.0. The molecule has 0 aliphatic rings. The number of urea groups is 1. The Hall–Kier alpha value is -4.13. The summed E-state index contributed by atoms with van der Waals surface area (Å²) >= 11 is 0. The van der Waals surface area contributed by atoms with Gasteiger partial charge in [-0.05, 0) is 47.6 Å². The zero-order valence-corrected chi connectivity index (χ0v) is 20.3. The summed E-state index contributed by atoms with van der Waals surface area (Å²) in [5, 5.41) is 7.67. The van der Waals surface area contributed by atoms with E-state index in [9.17, 15) is 9.59 Å². The Morgan fingerprint density at radius 1 is 0.914 bits per heavy atom. The SMILES string of the molecule is COC(=O)c1oc(C(C)(C)C)cc1NC(=O)Nc1ccc(CCc2ccncc2)c2ccccc12. The van der Waals surface area contributed by atoms with Gasteiger partial charge in [-0.25, -0.2) is 9.59 Å². The number of nitrogens with one attached hydrogen (secondary N) is 2. The lowest BCUT2D eigenvalue weighted by molar-refractivity contribution is 0.0563. The van der Waals surface area contributed by atoms with Gasteiger partial charge < -0.3 is 19.8 Å². The highest BCUT2D eigenvalue weighted by molar-refractivity contribution is 6.08. The van der Waals surface area contributed by atoms with Crippen LogP contribution in [-0.4, -0.2) is 24.1 Å². The molecule has 180 valence electrons. The fraction of sp³-hybridized carbons (Fsp3) is 0.250. The third-order valence-corrected chi connectivity index (χ3v) is 5.79. The van der Waals surface area contributed by atoms with E-state index < -0.39 is 12.0 Å². The summed E-state index contributed by atoms with van der Waals surface area (Å²) < 4.78 is 10.5. The molecule has 35 heavy (non-hydrogen) atoms. The van der Waals surface area contributed by atoms with Crippen LogP contribution in [0.5, 0.6) is 0 Å². The molecule has 0 atom stereocenters. The number of furan rings is 1. The summed E-state index contributed by atoms with van der Waals surface area (Å²) in [6.07, 6.45) is 5.36. The monoisotopic (exact) mass is 471 g/mol. The Morgan fingerprint density at radius 2 is 1.60 bits per heavy atom. The van der Waals surface area contributed by atoms with Gasteiger partial charge in [0.15, 0.2) is 0 Å². The van der Waals surface area contributed by atoms with Gasteiger partial charge in [-0.3, -0.25) is 4.98 Å². The molecule has 0 unspecified atom stereocenters. The molecule has 0 saturated heterocycles. The van der Waals surface area contributed by atoms with Gasteiger partial charge in [0.1, 0.15) is 5.76 Å². The second kappa shape index (κ2) is 10.0. The summed E-state index contributed by atoms with van der Waals surface area (Å²) in [6, 6.07) is 17.1. The number of methoxy groups -OCH3 is 1. The number of amides is 2. The van der Waals surface area contributed by atoms with E-state index in [-0.39, 0.29) is 16.9 Å². The van der Waals surface area contributed by atoms with E-state index >= 15 is 0 Å². The number of hydrogen-bond donors (Lipinski definition) is 2. The van der Waals surface area contributed by atoms with Gasteiger partial charge >= 0.3 is 12.0 Å². The van der Waals surface area contributed by atoms with Crippen molar-refractivity contribution in [1.29, 1.82) is 0 Å². The molecule has 2 N–H and O–H groups in total. The first-order valence-electron chi connectivity index (χ1n) is 11.5. The topological polar surface area (TPSA) is 93.5 Å². The number of carbonyl (C=O) groups is 2. The molecule has 2 heterocycles. The van der Waals surface area contributed by atoms with Crippen LogP contribution in [0, 0.1) is 0 Å². The number of hydrogen-bond acceptors (Lipinski definition) is 5. The lowest BCUT2D eigenvalue weighted by Crippen LogP contribution is -2.20. The predicted octanol–water partition coefficient (Wildman–Crippen LogP) is 6.34. The van der Waals surface area contributed by atoms with Gasteiger partial charge in [-0.15, -0.1) is 0 Å². The zero-order valence-electron chi connectivity index (χ0n) is 20.3. The smallest absolute Gasteiger partial charge is 0.376 e. The molecule has 7 nitrogen and oxygen atoms in total. The molecule has 0 bridgehead atoms. The van der Waals surface area contributed by atoms with Crippen molar-refractivity contribution in [3.05, 3.63) is 89.6 Å². The minimum Gasteiger partial charge on any atom is -0.463 e. The first-order chi connectivity index (χ1) is 16.8. The van der Waals surface area contributed by atoms with Gasteiger partial charge in [0.2, 0.25) is 5.76 Å². The fourth-order valence-corrected chi connectivity index (χ4v) is 3.89. The molecule has 0 spiro atoms. The van der Waals surface area contributed by atoms with Crippen LogP contribution in [0.25, 0.3) is 10.8 Å². The van der Waals surface area contributed by atoms with Crippen molar-refractivity contribution in [3.63, 3.8) is 0 Å². The van der Waals surface area contributed by atoms with Crippen LogP contribution in [0.15, 0.2) is 71.4 Å². The summed E-state index contributed by atoms with van der Waals surface area (Å²) in [5.41, 5.74) is 3.01. The molecular weight excluding hydrogens is 442 g/mol. The highest BCUT2D eigenvalue weighted by atomic mass is 16.5. The Bertz CT molecular complexity index is 1350. The highest BCUT2D eigenvalue weighted by Gasteiger charge is 2.26. The maximum absolute atomic E-state index is 12.9. The Labute approximate surface area is 204 Å². The van der Waals surface area contributed by atoms with Crippen molar-refractivity contribution < 1.29 is 18.7 Å². The number of esters is 1. The molecule has 0 aliphatic heterocycles. The Kier molecular flexibility index (Phi) is 6.87. The quantitative estimate of drug-likeness (QED) is 0.320. The largest absolute Gasteiger partial charge is 0.463 e. The van der Waals surface area contributed by atoms with E-state index in [1.807, 2.05) is 63.2 Å². The number of anilines is 2. The number of ether oxygens (including phenoxy) is 1. The normalized spacial score (nSPS) is 11.3. The average Bonchev–Trinajstić information content (AvgIpc) is 3.28. The second-order valence-corrected chi connectivity index (χ2v) is 9.35. The standard InChI is InChI=1S/C28H29N3O4/c1-28(2,3)24-17-23(25(35-24)26(32)34-4)31-27(33)30-22-12-11-19(20-7-5-6-8-21(20)22)10-9-18-13-15-29-16-14-18/h5-8,11-17H,9-10H2,1-4H3,(H2,30,31,33). The number of nitrogens with zero attached hydrogens (tertiary/aromatic N) is 1. The molecule has 0 saturated carbocycles. The lowest BCUT2D eigenvalue weighted by Gasteiger charge is -2.14. The lowest BCUT2D eigenvalue weighted by atomic mass is 9.93. The third kappa shape index (κ3) is 5.51. The van der Waals surface area contributed by atoms with Crippen molar-refractivity contribution in [2.45, 2.75) is 39.0 Å². The molecule has 0 fully saturated rings. The van der Waals surface area contributed by atoms with E-state index in [1.165, 1.54) is 18.2 Å². The summed E-state index contributed by atoms with van der Waals surface area (Å²) in [5.74, 6) is -0.124. The molecule has 2 aromatic carbocycles. The minimum atomic E-state index is -0.653. The first-order valence-corrected chi connectivity index (χ1v) is 11.5. The maximum atomic E-state index is 12.9. The molecule has 4 rings (SSSR count). The van der Waals surface area contributed by atoms with Crippen molar-refractivity contribution in [2.24, 2.45) is 0 Å². The minimum absolute atomic E-state index is 0.0381. The highest BCUT2D eigenvalue weighted by Crippen LogP contribution is 2.32. The molecule has 2 aromatic heterocycles. The summed E-state index contributed by atoms with van der Waals surface area (Å²) in [4.78, 5) is 29.2. The number of carbonyl (C=O) groups excluding carboxylic acids is 2. The number of aromatic nitrogens is 1. The maximum Gasteiger partial charge on any atom is 0.376 e. The van der Waals surface area contributed by atoms with Crippen LogP contribution in [-0.2, 0) is 23.0 Å². The van der Waals surface area contributed by atoms with Gasteiger partial charge in [0.05, 0.1) is 18.5 Å². The molecular formula is C28H29N3O4. The van der Waals surface area contributed by atoms with E-state index in [2.05, 4.69) is 21.7 Å². The van der Waals surface area contributed by atoms with Gasteiger partial charge in [0, 0.05) is 29.3 Å². The van der Waals surface area contributed by atoms with Crippen LogP contribution < -0.4 is 10.6 Å². The van der Waals surface area contributed by atoms with E-state index in [0.29, 0.717) is 11.4 Å². The first kappa shape index (κ1) is 24.0. The summed E-state index contributed by atoms with van der Waals surface area (Å²) in [7, 11) is 1.27.